The maximum Gasteiger partial charge on any atom is 0.223 e. The first kappa shape index (κ1) is 16.0. The number of hydrogen-bond acceptors (Lipinski definition) is 7. The number of nitrogen functional groups attached to an aromatic ring is 1. The van der Waals surface area contributed by atoms with E-state index in [0.717, 1.165) is 16.6 Å². The Morgan fingerprint density at radius 3 is 2.62 bits per heavy atom. The van der Waals surface area contributed by atoms with E-state index >= 15 is 0 Å². The van der Waals surface area contributed by atoms with E-state index in [4.69, 9.17) is 5.73 Å². The van der Waals surface area contributed by atoms with Crippen molar-refractivity contribution in [3.8, 4) is 0 Å². The second-order valence-corrected chi connectivity index (χ2v) is 9.37. The first-order chi connectivity index (χ1) is 9.64. The Morgan fingerprint density at radius 2 is 2.05 bits per heavy atom. The van der Waals surface area contributed by atoms with Crippen LogP contribution >= 0.6 is 11.3 Å². The summed E-state index contributed by atoms with van der Waals surface area (Å²) in [7, 11) is -3.17. The largest absolute Gasteiger partial charge is 0.368 e. The minimum atomic E-state index is -3.17. The van der Waals surface area contributed by atoms with Gasteiger partial charge in [0.05, 0.1) is 10.1 Å². The first-order valence-corrected chi connectivity index (χ1v) is 9.34. The summed E-state index contributed by atoms with van der Waals surface area (Å²) >= 11 is 1.58. The van der Waals surface area contributed by atoms with Gasteiger partial charge in [-0.1, -0.05) is 6.92 Å². The molecule has 0 saturated heterocycles. The fraction of sp³-hybridized carbons (Fsp3) is 0.538. The highest BCUT2D eigenvalue weighted by atomic mass is 32.2. The standard InChI is InChI=1S/C13H20N4O2S2/c1-5-8-6-9-10(16-12(14)17-11(9)20-8)15-7-13(2,3)21(4,18)19/h6H,5,7H2,1-4H3,(H3,14,15,16,17). The van der Waals surface area contributed by atoms with Crippen molar-refractivity contribution in [3.05, 3.63) is 10.9 Å². The summed E-state index contributed by atoms with van der Waals surface area (Å²) in [6.07, 6.45) is 2.15. The molecule has 116 valence electrons. The number of anilines is 2. The average molecular weight is 328 g/mol. The Kier molecular flexibility index (Phi) is 4.12. The number of aromatic nitrogens is 2. The molecule has 8 heteroatoms. The van der Waals surface area contributed by atoms with Crippen molar-refractivity contribution in [3.63, 3.8) is 0 Å². The molecule has 2 heterocycles. The Labute approximate surface area is 128 Å². The van der Waals surface area contributed by atoms with Gasteiger partial charge in [0.15, 0.2) is 9.84 Å². The molecule has 0 amide bonds. The molecule has 0 aromatic carbocycles. The van der Waals surface area contributed by atoms with Gasteiger partial charge in [-0.3, -0.25) is 0 Å². The minimum Gasteiger partial charge on any atom is -0.368 e. The lowest BCUT2D eigenvalue weighted by atomic mass is 10.2. The normalized spacial score (nSPS) is 12.8. The monoisotopic (exact) mass is 328 g/mol. The van der Waals surface area contributed by atoms with Gasteiger partial charge in [0.25, 0.3) is 0 Å². The van der Waals surface area contributed by atoms with Crippen molar-refractivity contribution in [2.24, 2.45) is 0 Å². The van der Waals surface area contributed by atoms with Crippen LogP contribution in [-0.4, -0.2) is 35.9 Å². The summed E-state index contributed by atoms with van der Waals surface area (Å²) < 4.78 is 22.6. The van der Waals surface area contributed by atoms with E-state index in [1.165, 1.54) is 11.1 Å². The second kappa shape index (κ2) is 5.42. The van der Waals surface area contributed by atoms with Crippen molar-refractivity contribution in [1.82, 2.24) is 9.97 Å². The number of sulfone groups is 1. The Balaban J connectivity index is 2.36. The zero-order chi connectivity index (χ0) is 15.8. The van der Waals surface area contributed by atoms with Gasteiger partial charge in [-0.2, -0.15) is 4.98 Å². The molecule has 2 aromatic rings. The zero-order valence-electron chi connectivity index (χ0n) is 12.6. The molecule has 0 aliphatic carbocycles. The van der Waals surface area contributed by atoms with E-state index in [2.05, 4.69) is 22.2 Å². The number of fused-ring (bicyclic) bond motifs is 1. The summed E-state index contributed by atoms with van der Waals surface area (Å²) in [5, 5.41) is 3.99. The highest BCUT2D eigenvalue weighted by molar-refractivity contribution is 7.92. The van der Waals surface area contributed by atoms with Crippen LogP contribution in [0.3, 0.4) is 0 Å². The molecule has 2 rings (SSSR count). The van der Waals surface area contributed by atoms with Gasteiger partial charge in [-0.05, 0) is 26.3 Å². The number of hydrogen-bond donors (Lipinski definition) is 2. The number of aryl methyl sites for hydroxylation is 1. The quantitative estimate of drug-likeness (QED) is 0.872. The molecule has 21 heavy (non-hydrogen) atoms. The Bertz CT molecular complexity index is 766. The molecular weight excluding hydrogens is 308 g/mol. The Morgan fingerprint density at radius 1 is 1.38 bits per heavy atom. The molecule has 0 unspecified atom stereocenters. The highest BCUT2D eigenvalue weighted by Crippen LogP contribution is 2.30. The second-order valence-electron chi connectivity index (χ2n) is 5.60. The van der Waals surface area contributed by atoms with Gasteiger partial charge < -0.3 is 11.1 Å². The number of nitrogens with two attached hydrogens (primary N) is 1. The molecule has 3 N–H and O–H groups in total. The number of nitrogens with zero attached hydrogens (tertiary/aromatic N) is 2. The zero-order valence-corrected chi connectivity index (χ0v) is 14.2. The van der Waals surface area contributed by atoms with Crippen LogP contribution in [0.2, 0.25) is 0 Å². The summed E-state index contributed by atoms with van der Waals surface area (Å²) in [4.78, 5) is 10.4. The molecule has 0 aliphatic heterocycles. The summed E-state index contributed by atoms with van der Waals surface area (Å²) in [5.41, 5.74) is 5.73. The third-order valence-corrected chi connectivity index (χ3v) is 6.82. The van der Waals surface area contributed by atoms with Crippen molar-refractivity contribution in [1.29, 1.82) is 0 Å². The lowest BCUT2D eigenvalue weighted by molar-refractivity contribution is 0.559. The van der Waals surface area contributed by atoms with E-state index in [0.29, 0.717) is 5.82 Å². The maximum atomic E-state index is 11.8. The predicted molar refractivity (Wildman–Crippen MR) is 88.6 cm³/mol. The topological polar surface area (TPSA) is 98.0 Å². The van der Waals surface area contributed by atoms with Crippen molar-refractivity contribution >= 4 is 43.2 Å². The molecule has 2 aromatic heterocycles. The molecule has 0 bridgehead atoms. The maximum absolute atomic E-state index is 11.8. The highest BCUT2D eigenvalue weighted by Gasteiger charge is 2.30. The van der Waals surface area contributed by atoms with Gasteiger partial charge in [0.1, 0.15) is 10.6 Å². The minimum absolute atomic E-state index is 0.187. The van der Waals surface area contributed by atoms with Crippen molar-refractivity contribution in [2.75, 3.05) is 23.9 Å². The molecule has 6 nitrogen and oxygen atoms in total. The summed E-state index contributed by atoms with van der Waals surface area (Å²) in [5.74, 6) is 0.775. The van der Waals surface area contributed by atoms with Crippen molar-refractivity contribution in [2.45, 2.75) is 31.9 Å². The summed E-state index contributed by atoms with van der Waals surface area (Å²) in [6, 6.07) is 2.02. The van der Waals surface area contributed by atoms with Gasteiger partial charge in [0.2, 0.25) is 5.95 Å². The third-order valence-electron chi connectivity index (χ3n) is 3.49. The van der Waals surface area contributed by atoms with Crippen molar-refractivity contribution < 1.29 is 8.42 Å². The molecule has 0 aliphatic rings. The van der Waals surface area contributed by atoms with E-state index < -0.39 is 14.6 Å². The van der Waals surface area contributed by atoms with Gasteiger partial charge in [-0.25, -0.2) is 13.4 Å². The van der Waals surface area contributed by atoms with Gasteiger partial charge in [0, 0.05) is 17.7 Å². The fourth-order valence-electron chi connectivity index (χ4n) is 1.72. The molecule has 0 saturated carbocycles. The molecule has 0 radical (unpaired) electrons. The summed E-state index contributed by atoms with van der Waals surface area (Å²) in [6.45, 7) is 5.69. The molecule has 0 atom stereocenters. The van der Waals surface area contributed by atoms with E-state index in [1.807, 2.05) is 6.07 Å². The SMILES string of the molecule is CCc1cc2c(NCC(C)(C)S(C)(=O)=O)nc(N)nc2s1. The fourth-order valence-corrected chi connectivity index (χ4v) is 3.03. The van der Waals surface area contributed by atoms with E-state index in [1.54, 1.807) is 25.2 Å². The van der Waals surface area contributed by atoms with Crippen LogP contribution in [0.1, 0.15) is 25.6 Å². The molecule has 0 fully saturated rings. The van der Waals surface area contributed by atoms with Crippen LogP contribution in [-0.2, 0) is 16.3 Å². The number of nitrogens with one attached hydrogen (secondary N) is 1. The van der Waals surface area contributed by atoms with Crippen LogP contribution in [0.15, 0.2) is 6.07 Å². The van der Waals surface area contributed by atoms with E-state index in [-0.39, 0.29) is 12.5 Å². The number of rotatable bonds is 5. The van der Waals surface area contributed by atoms with Gasteiger partial charge in [-0.15, -0.1) is 11.3 Å². The Hall–Kier alpha value is -1.41. The molecule has 0 spiro atoms. The average Bonchev–Trinajstić information content (AvgIpc) is 2.77. The smallest absolute Gasteiger partial charge is 0.223 e. The first-order valence-electron chi connectivity index (χ1n) is 6.63. The van der Waals surface area contributed by atoms with Crippen LogP contribution in [0.5, 0.6) is 0 Å². The van der Waals surface area contributed by atoms with Gasteiger partial charge >= 0.3 is 0 Å². The number of thiophene rings is 1. The van der Waals surface area contributed by atoms with Crippen LogP contribution in [0.25, 0.3) is 10.2 Å². The van der Waals surface area contributed by atoms with Crippen LogP contribution in [0.4, 0.5) is 11.8 Å². The van der Waals surface area contributed by atoms with Crippen LogP contribution in [0, 0.1) is 0 Å². The molecular formula is C13H20N4O2S2. The van der Waals surface area contributed by atoms with Crippen LogP contribution < -0.4 is 11.1 Å². The van der Waals surface area contributed by atoms with E-state index in [9.17, 15) is 8.42 Å². The lowest BCUT2D eigenvalue weighted by Gasteiger charge is -2.23. The predicted octanol–water partition coefficient (Wildman–Crippen LogP) is 2.07. The third kappa shape index (κ3) is 3.26. The lowest BCUT2D eigenvalue weighted by Crippen LogP contribution is -2.38.